The zero-order valence-corrected chi connectivity index (χ0v) is 36.1. The number of hydrogen-bond donors (Lipinski definition) is 0. The molecule has 0 amide bonds. The maximum atomic E-state index is 13.1. The summed E-state index contributed by atoms with van der Waals surface area (Å²) in [6, 6.07) is 38.5. The van der Waals surface area contributed by atoms with E-state index >= 15 is 0 Å². The molecule has 0 saturated carbocycles. The third-order valence-corrected chi connectivity index (χ3v) is 8.81. The molecule has 1 atom stereocenters. The van der Waals surface area contributed by atoms with Gasteiger partial charge in [0, 0.05) is 13.1 Å². The highest BCUT2D eigenvalue weighted by Crippen LogP contribution is 2.19. The van der Waals surface area contributed by atoms with Crippen LogP contribution in [0.3, 0.4) is 0 Å². The van der Waals surface area contributed by atoms with E-state index < -0.39 is 40.9 Å². The number of rotatable bonds is 27. The Kier molecular flexibility index (Phi) is 21.6. The number of carbonyl (C=O) groups excluding carboxylic acids is 3. The summed E-state index contributed by atoms with van der Waals surface area (Å²) in [5, 5.41) is 0. The van der Waals surface area contributed by atoms with E-state index in [9.17, 15) is 14.4 Å². The van der Waals surface area contributed by atoms with Gasteiger partial charge in [-0.15, -0.1) is 0 Å². The fourth-order valence-electron chi connectivity index (χ4n) is 5.44. The maximum absolute atomic E-state index is 13.1. The fourth-order valence-corrected chi connectivity index (χ4v) is 5.53. The van der Waals surface area contributed by atoms with Crippen LogP contribution in [0.25, 0.3) is 0 Å². The second-order valence-corrected chi connectivity index (χ2v) is 16.4. The van der Waals surface area contributed by atoms with Crippen LogP contribution in [-0.4, -0.2) is 98.7 Å². The van der Waals surface area contributed by atoms with Gasteiger partial charge in [0.1, 0.15) is 23.8 Å². The lowest BCUT2D eigenvalue weighted by Crippen LogP contribution is -2.40. The lowest BCUT2D eigenvalue weighted by molar-refractivity contribution is -0.151. The standard InChI is InChI=1S/C46H56BrNO12/c1-36(58-43(49)46(2,3)47)26-48(35-57-45(51)60-42(33-54-29-39-20-12-6-13-21-39)34-55-30-40-22-14-7-15-23-40)24-25-56-44(50)59-41(31-52-27-37-16-8-4-9-17-37)32-53-28-38-18-10-5-11-19-38/h4-23,36,41-42H,24-35H2,1-3H3. The summed E-state index contributed by atoms with van der Waals surface area (Å²) < 4.78 is 50.3. The average molecular weight is 895 g/mol. The summed E-state index contributed by atoms with van der Waals surface area (Å²) in [6.45, 7) is 6.39. The van der Waals surface area contributed by atoms with Crippen molar-refractivity contribution in [2.75, 3.05) is 52.9 Å². The number of esters is 1. The van der Waals surface area contributed by atoms with E-state index in [1.54, 1.807) is 25.7 Å². The molecule has 0 fully saturated rings. The molecule has 0 saturated heterocycles. The molecule has 4 rings (SSSR count). The van der Waals surface area contributed by atoms with Crippen LogP contribution >= 0.6 is 15.9 Å². The van der Waals surface area contributed by atoms with Gasteiger partial charge >= 0.3 is 18.3 Å². The molecule has 324 valence electrons. The van der Waals surface area contributed by atoms with Crippen molar-refractivity contribution < 1.29 is 57.0 Å². The minimum Gasteiger partial charge on any atom is -0.460 e. The Hall–Kier alpha value is -4.83. The Labute approximate surface area is 361 Å². The molecule has 4 aromatic carbocycles. The number of nitrogens with zero attached hydrogens (tertiary/aromatic N) is 1. The zero-order chi connectivity index (χ0) is 42.8. The molecular formula is C46H56BrNO12. The monoisotopic (exact) mass is 893 g/mol. The van der Waals surface area contributed by atoms with E-state index in [0.29, 0.717) is 26.4 Å². The molecular weight excluding hydrogens is 838 g/mol. The molecule has 0 radical (unpaired) electrons. The van der Waals surface area contributed by atoms with Crippen molar-refractivity contribution in [3.05, 3.63) is 144 Å². The number of alkyl halides is 1. The van der Waals surface area contributed by atoms with Crippen molar-refractivity contribution in [3.8, 4) is 0 Å². The maximum Gasteiger partial charge on any atom is 0.510 e. The second-order valence-electron chi connectivity index (χ2n) is 14.4. The first-order valence-corrected chi connectivity index (χ1v) is 20.6. The molecule has 0 spiro atoms. The SMILES string of the molecule is CC(CN(CCOC(=O)OC(COCc1ccccc1)COCc1ccccc1)COC(=O)OC(COCc1ccccc1)COCc1ccccc1)OC(=O)C(C)(C)Br. The number of ether oxygens (including phenoxy) is 9. The molecule has 0 aliphatic carbocycles. The molecule has 4 aromatic rings. The summed E-state index contributed by atoms with van der Waals surface area (Å²) >= 11 is 3.32. The van der Waals surface area contributed by atoms with Crippen LogP contribution in [0.2, 0.25) is 0 Å². The van der Waals surface area contributed by atoms with Gasteiger partial charge in [-0.3, -0.25) is 9.69 Å². The quantitative estimate of drug-likeness (QED) is 0.0246. The van der Waals surface area contributed by atoms with E-state index in [2.05, 4.69) is 15.9 Å². The van der Waals surface area contributed by atoms with Gasteiger partial charge in [0.2, 0.25) is 0 Å². The topological polar surface area (TPSA) is 138 Å². The van der Waals surface area contributed by atoms with E-state index in [1.165, 1.54) is 0 Å². The van der Waals surface area contributed by atoms with Gasteiger partial charge < -0.3 is 42.6 Å². The van der Waals surface area contributed by atoms with Crippen molar-refractivity contribution >= 4 is 34.2 Å². The van der Waals surface area contributed by atoms with Gasteiger partial charge in [-0.25, -0.2) is 9.59 Å². The summed E-state index contributed by atoms with van der Waals surface area (Å²) in [7, 11) is 0. The first-order chi connectivity index (χ1) is 29.0. The highest BCUT2D eigenvalue weighted by Gasteiger charge is 2.28. The molecule has 0 aliphatic rings. The third-order valence-electron chi connectivity index (χ3n) is 8.49. The van der Waals surface area contributed by atoms with Crippen LogP contribution in [-0.2, 0) is 73.9 Å². The van der Waals surface area contributed by atoms with Gasteiger partial charge in [-0.05, 0) is 43.0 Å². The molecule has 60 heavy (non-hydrogen) atoms. The predicted octanol–water partition coefficient (Wildman–Crippen LogP) is 8.26. The van der Waals surface area contributed by atoms with Gasteiger partial charge in [0.05, 0.1) is 52.9 Å². The van der Waals surface area contributed by atoms with Gasteiger partial charge in [0.25, 0.3) is 0 Å². The molecule has 0 heterocycles. The largest absolute Gasteiger partial charge is 0.510 e. The van der Waals surface area contributed by atoms with E-state index in [0.717, 1.165) is 22.3 Å². The average Bonchev–Trinajstić information content (AvgIpc) is 3.23. The van der Waals surface area contributed by atoms with Crippen LogP contribution < -0.4 is 0 Å². The summed E-state index contributed by atoms with van der Waals surface area (Å²) in [5.74, 6) is -0.473. The number of benzene rings is 4. The first kappa shape index (κ1) is 47.8. The summed E-state index contributed by atoms with van der Waals surface area (Å²) in [4.78, 5) is 40.3. The van der Waals surface area contributed by atoms with E-state index in [4.69, 9.17) is 42.6 Å². The van der Waals surface area contributed by atoms with Crippen molar-refractivity contribution in [1.29, 1.82) is 0 Å². The molecule has 0 N–H and O–H groups in total. The van der Waals surface area contributed by atoms with E-state index in [-0.39, 0.29) is 52.9 Å². The van der Waals surface area contributed by atoms with Crippen LogP contribution in [0.4, 0.5) is 9.59 Å². The van der Waals surface area contributed by atoms with Crippen LogP contribution in [0.15, 0.2) is 121 Å². The Morgan fingerprint density at radius 1 is 0.550 bits per heavy atom. The van der Waals surface area contributed by atoms with Crippen LogP contribution in [0, 0.1) is 0 Å². The van der Waals surface area contributed by atoms with Crippen molar-refractivity contribution in [3.63, 3.8) is 0 Å². The van der Waals surface area contributed by atoms with Crippen molar-refractivity contribution in [2.24, 2.45) is 0 Å². The highest BCUT2D eigenvalue weighted by molar-refractivity contribution is 9.10. The Balaban J connectivity index is 1.31. The Morgan fingerprint density at radius 3 is 1.25 bits per heavy atom. The molecule has 13 nitrogen and oxygen atoms in total. The Bertz CT molecular complexity index is 1690. The van der Waals surface area contributed by atoms with Crippen LogP contribution in [0.5, 0.6) is 0 Å². The molecule has 0 aliphatic heterocycles. The summed E-state index contributed by atoms with van der Waals surface area (Å²) in [6.07, 6.45) is -4.05. The smallest absolute Gasteiger partial charge is 0.460 e. The fraction of sp³-hybridized carbons (Fsp3) is 0.413. The normalized spacial score (nSPS) is 12.0. The van der Waals surface area contributed by atoms with Crippen LogP contribution in [0.1, 0.15) is 43.0 Å². The lowest BCUT2D eigenvalue weighted by Gasteiger charge is -2.27. The zero-order valence-electron chi connectivity index (χ0n) is 34.5. The Morgan fingerprint density at radius 2 is 0.900 bits per heavy atom. The van der Waals surface area contributed by atoms with Gasteiger partial charge in [0.15, 0.2) is 12.2 Å². The predicted molar refractivity (Wildman–Crippen MR) is 227 cm³/mol. The first-order valence-electron chi connectivity index (χ1n) is 19.8. The third kappa shape index (κ3) is 20.4. The van der Waals surface area contributed by atoms with Crippen molar-refractivity contribution in [2.45, 2.75) is 69.8 Å². The van der Waals surface area contributed by atoms with Gasteiger partial charge in [-0.2, -0.15) is 0 Å². The molecule has 0 aromatic heterocycles. The number of carbonyl (C=O) groups is 3. The number of hydrogen-bond acceptors (Lipinski definition) is 13. The number of halogens is 1. The van der Waals surface area contributed by atoms with Crippen molar-refractivity contribution in [1.82, 2.24) is 4.90 Å². The highest BCUT2D eigenvalue weighted by atomic mass is 79.9. The van der Waals surface area contributed by atoms with E-state index in [1.807, 2.05) is 121 Å². The lowest BCUT2D eigenvalue weighted by atomic mass is 10.2. The minimum absolute atomic E-state index is 0.0589. The summed E-state index contributed by atoms with van der Waals surface area (Å²) in [5.41, 5.74) is 3.87. The molecule has 14 heteroatoms. The second kappa shape index (κ2) is 27.1. The minimum atomic E-state index is -0.961. The van der Waals surface area contributed by atoms with Gasteiger partial charge in [-0.1, -0.05) is 137 Å². The molecule has 0 bridgehead atoms. The molecule has 1 unspecified atom stereocenters.